The average molecular weight is 463 g/mol. The van der Waals surface area contributed by atoms with Crippen LogP contribution in [0.4, 0.5) is 0 Å². The van der Waals surface area contributed by atoms with E-state index in [0.717, 1.165) is 27.8 Å². The lowest BCUT2D eigenvalue weighted by Gasteiger charge is -2.21. The Bertz CT molecular complexity index is 1600. The fraction of sp³-hybridized carbons (Fsp3) is 0.0556. The van der Waals surface area contributed by atoms with Crippen molar-refractivity contribution >= 4 is 28.5 Å². The molecule has 0 bridgehead atoms. The molecular formula is C36H30. The molecule has 0 aliphatic rings. The van der Waals surface area contributed by atoms with Crippen LogP contribution in [0.15, 0.2) is 117 Å². The Hall–Kier alpha value is -4.42. The summed E-state index contributed by atoms with van der Waals surface area (Å²) in [5, 5.41) is 2.37. The molecule has 5 aromatic carbocycles. The molecule has 0 aromatic heterocycles. The lowest BCUT2D eigenvalue weighted by Crippen LogP contribution is -1.98. The third-order valence-electron chi connectivity index (χ3n) is 6.89. The third-order valence-corrected chi connectivity index (χ3v) is 6.89. The van der Waals surface area contributed by atoms with Gasteiger partial charge in [-0.2, -0.15) is 0 Å². The number of allylic oxidation sites excluding steroid dienone is 1. The second-order valence-corrected chi connectivity index (χ2v) is 9.34. The zero-order valence-corrected chi connectivity index (χ0v) is 21.0. The van der Waals surface area contributed by atoms with Crippen molar-refractivity contribution in [2.75, 3.05) is 0 Å². The van der Waals surface area contributed by atoms with Crippen LogP contribution in [0.5, 0.6) is 0 Å². The summed E-state index contributed by atoms with van der Waals surface area (Å²) in [5.41, 5.74) is 12.7. The molecule has 0 unspecified atom stereocenters. The third kappa shape index (κ3) is 4.12. The Morgan fingerprint density at radius 3 is 1.69 bits per heavy atom. The van der Waals surface area contributed by atoms with Crippen LogP contribution < -0.4 is 0 Å². The largest absolute Gasteiger partial charge is 0.0984 e. The smallest absolute Gasteiger partial charge is 0.00266 e. The molecule has 0 spiro atoms. The summed E-state index contributed by atoms with van der Waals surface area (Å²) >= 11 is 0. The quantitative estimate of drug-likeness (QED) is 0.235. The zero-order valence-electron chi connectivity index (χ0n) is 21.0. The fourth-order valence-corrected chi connectivity index (χ4v) is 5.11. The van der Waals surface area contributed by atoms with Gasteiger partial charge in [-0.05, 0) is 86.3 Å². The summed E-state index contributed by atoms with van der Waals surface area (Å²) in [7, 11) is 0. The Labute approximate surface area is 214 Å². The van der Waals surface area contributed by atoms with E-state index in [4.69, 9.17) is 0 Å². The molecule has 0 aliphatic carbocycles. The van der Waals surface area contributed by atoms with E-state index in [-0.39, 0.29) is 0 Å². The van der Waals surface area contributed by atoms with E-state index < -0.39 is 0 Å². The van der Waals surface area contributed by atoms with Crippen LogP contribution in [0.3, 0.4) is 0 Å². The highest BCUT2D eigenvalue weighted by Gasteiger charge is 2.19. The fourth-order valence-electron chi connectivity index (χ4n) is 5.11. The molecule has 36 heavy (non-hydrogen) atoms. The van der Waals surface area contributed by atoms with E-state index in [0.29, 0.717) is 0 Å². The first kappa shape index (κ1) is 23.3. The normalized spacial score (nSPS) is 10.8. The number of benzene rings is 5. The molecule has 0 nitrogen and oxygen atoms in total. The van der Waals surface area contributed by atoms with E-state index in [9.17, 15) is 0 Å². The van der Waals surface area contributed by atoms with Gasteiger partial charge in [0.15, 0.2) is 0 Å². The highest BCUT2D eigenvalue weighted by Crippen LogP contribution is 2.42. The van der Waals surface area contributed by atoms with Crippen molar-refractivity contribution in [1.82, 2.24) is 0 Å². The molecule has 0 heteroatoms. The van der Waals surface area contributed by atoms with Gasteiger partial charge in [0.1, 0.15) is 0 Å². The van der Waals surface area contributed by atoms with Crippen LogP contribution in [0, 0.1) is 6.92 Å². The van der Waals surface area contributed by atoms with Crippen LogP contribution in [0.2, 0.25) is 0 Å². The summed E-state index contributed by atoms with van der Waals surface area (Å²) in [4.78, 5) is 0. The van der Waals surface area contributed by atoms with Crippen LogP contribution >= 0.6 is 0 Å². The zero-order chi connectivity index (χ0) is 25.2. The van der Waals surface area contributed by atoms with Gasteiger partial charge < -0.3 is 0 Å². The maximum absolute atomic E-state index is 4.33. The minimum Gasteiger partial charge on any atom is -0.0984 e. The van der Waals surface area contributed by atoms with Crippen LogP contribution in [0.1, 0.15) is 29.2 Å². The molecule has 5 aromatic rings. The number of rotatable bonds is 6. The number of hydrogen-bond acceptors (Lipinski definition) is 0. The van der Waals surface area contributed by atoms with E-state index in [1.165, 1.54) is 44.2 Å². The lowest BCUT2D eigenvalue weighted by atomic mass is 9.82. The van der Waals surface area contributed by atoms with Crippen LogP contribution in [-0.4, -0.2) is 0 Å². The van der Waals surface area contributed by atoms with E-state index in [1.807, 2.05) is 12.2 Å². The van der Waals surface area contributed by atoms with Gasteiger partial charge in [-0.25, -0.2) is 0 Å². The Morgan fingerprint density at radius 1 is 0.583 bits per heavy atom. The van der Waals surface area contributed by atoms with Crippen molar-refractivity contribution in [2.24, 2.45) is 0 Å². The van der Waals surface area contributed by atoms with Crippen molar-refractivity contribution < 1.29 is 0 Å². The first-order valence-corrected chi connectivity index (χ1v) is 12.3. The number of fused-ring (bicyclic) bond motifs is 1. The molecule has 174 valence electrons. The first-order valence-electron chi connectivity index (χ1n) is 12.3. The second kappa shape index (κ2) is 9.68. The summed E-state index contributed by atoms with van der Waals surface area (Å²) in [6.45, 7) is 16.9. The van der Waals surface area contributed by atoms with E-state index >= 15 is 0 Å². The Balaban J connectivity index is 1.77. The van der Waals surface area contributed by atoms with Gasteiger partial charge in [-0.15, -0.1) is 0 Å². The minimum atomic E-state index is 1.02. The Kier molecular flexibility index (Phi) is 6.27. The summed E-state index contributed by atoms with van der Waals surface area (Å²) < 4.78 is 0. The predicted octanol–water partition coefficient (Wildman–Crippen LogP) is 10.5. The summed E-state index contributed by atoms with van der Waals surface area (Å²) in [5.74, 6) is 0. The topological polar surface area (TPSA) is 0 Å². The van der Waals surface area contributed by atoms with Gasteiger partial charge in [0.2, 0.25) is 0 Å². The monoisotopic (exact) mass is 462 g/mol. The average Bonchev–Trinajstić information content (AvgIpc) is 2.92. The van der Waals surface area contributed by atoms with Gasteiger partial charge in [0, 0.05) is 0 Å². The van der Waals surface area contributed by atoms with Gasteiger partial charge in [0.05, 0.1) is 0 Å². The summed E-state index contributed by atoms with van der Waals surface area (Å²) in [6, 6.07) is 34.8. The first-order chi connectivity index (χ1) is 17.5. The highest BCUT2D eigenvalue weighted by atomic mass is 14.2. The molecule has 5 rings (SSSR count). The van der Waals surface area contributed by atoms with E-state index in [2.05, 4.69) is 131 Å². The molecule has 0 amide bonds. The van der Waals surface area contributed by atoms with Gasteiger partial charge >= 0.3 is 0 Å². The van der Waals surface area contributed by atoms with Gasteiger partial charge in [0.25, 0.3) is 0 Å². The van der Waals surface area contributed by atoms with Crippen molar-refractivity contribution in [1.29, 1.82) is 0 Å². The molecule has 0 N–H and O–H groups in total. The molecule has 0 saturated heterocycles. The van der Waals surface area contributed by atoms with Crippen molar-refractivity contribution in [3.05, 3.63) is 139 Å². The van der Waals surface area contributed by atoms with E-state index in [1.54, 1.807) is 0 Å². The standard InChI is InChI=1S/C36H30/c1-6-31-32(7-2)36(29-19-17-28(18-20-29)27-15-13-25(5)14-16-27)33-22-21-30(26-11-9-8-10-12-26)23-34(33)35(31)24(3)4/h6-23H,1-3H2,4-5H3. The SMILES string of the molecule is C=Cc1c(C=C)c(-c2ccc(-c3ccc(C)cc3)cc2)c2ccc(-c3ccccc3)cc2c1C(=C)C. The molecule has 0 atom stereocenters. The van der Waals surface area contributed by atoms with Crippen LogP contribution in [0.25, 0.3) is 61.9 Å². The second-order valence-electron chi connectivity index (χ2n) is 9.34. The maximum atomic E-state index is 4.33. The van der Waals surface area contributed by atoms with Gasteiger partial charge in [-0.3, -0.25) is 0 Å². The highest BCUT2D eigenvalue weighted by molar-refractivity contribution is 6.10. The lowest BCUT2D eigenvalue weighted by molar-refractivity contribution is 1.47. The molecular weight excluding hydrogens is 432 g/mol. The molecule has 0 fully saturated rings. The maximum Gasteiger partial charge on any atom is -0.00266 e. The Morgan fingerprint density at radius 2 is 1.11 bits per heavy atom. The molecule has 0 aliphatic heterocycles. The number of aryl methyl sites for hydroxylation is 1. The molecule has 0 saturated carbocycles. The molecule has 0 heterocycles. The van der Waals surface area contributed by atoms with Crippen molar-refractivity contribution in [3.8, 4) is 33.4 Å². The van der Waals surface area contributed by atoms with Crippen LogP contribution in [-0.2, 0) is 0 Å². The minimum absolute atomic E-state index is 1.02. The van der Waals surface area contributed by atoms with Crippen molar-refractivity contribution in [2.45, 2.75) is 13.8 Å². The predicted molar refractivity (Wildman–Crippen MR) is 160 cm³/mol. The van der Waals surface area contributed by atoms with Gasteiger partial charge in [-0.1, -0.05) is 128 Å². The number of hydrogen-bond donors (Lipinski definition) is 0. The summed E-state index contributed by atoms with van der Waals surface area (Å²) in [6.07, 6.45) is 3.90. The molecule has 0 radical (unpaired) electrons. The van der Waals surface area contributed by atoms with Crippen molar-refractivity contribution in [3.63, 3.8) is 0 Å².